The number of rotatable bonds is 3. The van der Waals surface area contributed by atoms with Crippen molar-refractivity contribution in [2.24, 2.45) is 5.92 Å². The summed E-state index contributed by atoms with van der Waals surface area (Å²) >= 11 is 6.25. The zero-order valence-corrected chi connectivity index (χ0v) is 14.1. The van der Waals surface area contributed by atoms with Crippen molar-refractivity contribution < 1.29 is 9.90 Å². The van der Waals surface area contributed by atoms with E-state index >= 15 is 0 Å². The van der Waals surface area contributed by atoms with E-state index in [-0.39, 0.29) is 23.8 Å². The van der Waals surface area contributed by atoms with Crippen molar-refractivity contribution in [1.29, 1.82) is 0 Å². The molecule has 1 fully saturated rings. The van der Waals surface area contributed by atoms with Gasteiger partial charge in [0.15, 0.2) is 0 Å². The molecule has 2 aromatic rings. The van der Waals surface area contributed by atoms with Crippen molar-refractivity contribution in [2.45, 2.75) is 37.6 Å². The van der Waals surface area contributed by atoms with Gasteiger partial charge >= 0.3 is 0 Å². The Balaban J connectivity index is 1.47. The Morgan fingerprint density at radius 2 is 1.92 bits per heavy atom. The zero-order valence-electron chi connectivity index (χ0n) is 13.3. The third kappa shape index (κ3) is 2.78. The van der Waals surface area contributed by atoms with Crippen LogP contribution in [0.5, 0.6) is 5.75 Å². The van der Waals surface area contributed by atoms with E-state index in [1.807, 2.05) is 36.4 Å². The van der Waals surface area contributed by atoms with Gasteiger partial charge in [-0.3, -0.25) is 4.79 Å². The highest BCUT2D eigenvalue weighted by Crippen LogP contribution is 2.50. The summed E-state index contributed by atoms with van der Waals surface area (Å²) in [5.74, 6) is 0.673. The second-order valence-electron chi connectivity index (χ2n) is 6.77. The van der Waals surface area contributed by atoms with Gasteiger partial charge < -0.3 is 10.4 Å². The molecule has 24 heavy (non-hydrogen) atoms. The summed E-state index contributed by atoms with van der Waals surface area (Å²) in [4.78, 5) is 12.6. The van der Waals surface area contributed by atoms with Crippen LogP contribution in [0.1, 0.15) is 47.9 Å². The number of nitrogens with one attached hydrogen (secondary N) is 1. The third-order valence-corrected chi connectivity index (χ3v) is 5.58. The molecule has 1 amide bonds. The Labute approximate surface area is 146 Å². The van der Waals surface area contributed by atoms with Gasteiger partial charge in [0.25, 0.3) is 0 Å². The molecular formula is C20H20ClNO2. The standard InChI is InChI=1S/C20H20ClNO2/c21-17-8-2-1-5-12(17)15-11-16(15)20(24)22-18-9-3-7-14-13(18)6-4-10-19(14)23/h1-2,4-6,8,10,15-16,18,23H,3,7,9,11H2,(H,22,24). The molecular weight excluding hydrogens is 322 g/mol. The number of phenolic OH excluding ortho intramolecular Hbond substituents is 1. The van der Waals surface area contributed by atoms with Gasteiger partial charge in [0, 0.05) is 10.9 Å². The number of carbonyl (C=O) groups is 1. The van der Waals surface area contributed by atoms with E-state index in [1.54, 1.807) is 6.07 Å². The van der Waals surface area contributed by atoms with Crippen molar-refractivity contribution in [1.82, 2.24) is 5.32 Å². The number of hydrogen-bond acceptors (Lipinski definition) is 2. The highest BCUT2D eigenvalue weighted by Gasteiger charge is 2.45. The maximum Gasteiger partial charge on any atom is 0.224 e. The van der Waals surface area contributed by atoms with Gasteiger partial charge in [0.2, 0.25) is 5.91 Å². The van der Waals surface area contributed by atoms with Crippen LogP contribution in [0.3, 0.4) is 0 Å². The molecule has 4 heteroatoms. The second kappa shape index (κ2) is 6.14. The van der Waals surface area contributed by atoms with Gasteiger partial charge in [-0.05, 0) is 60.4 Å². The van der Waals surface area contributed by atoms with Crippen molar-refractivity contribution in [3.8, 4) is 5.75 Å². The smallest absolute Gasteiger partial charge is 0.224 e. The van der Waals surface area contributed by atoms with E-state index in [0.29, 0.717) is 5.75 Å². The molecule has 0 aromatic heterocycles. The maximum absolute atomic E-state index is 12.6. The molecule has 2 N–H and O–H groups in total. The van der Waals surface area contributed by atoms with Gasteiger partial charge in [-0.2, -0.15) is 0 Å². The van der Waals surface area contributed by atoms with Crippen LogP contribution in [-0.4, -0.2) is 11.0 Å². The Morgan fingerprint density at radius 1 is 1.12 bits per heavy atom. The van der Waals surface area contributed by atoms with Crippen molar-refractivity contribution in [2.75, 3.05) is 0 Å². The molecule has 0 saturated heterocycles. The molecule has 4 rings (SSSR count). The summed E-state index contributed by atoms with van der Waals surface area (Å²) in [5, 5.41) is 14.0. The number of halogens is 1. The lowest BCUT2D eigenvalue weighted by atomic mass is 9.87. The van der Waals surface area contributed by atoms with Gasteiger partial charge in [0.05, 0.1) is 6.04 Å². The van der Waals surface area contributed by atoms with Crippen LogP contribution < -0.4 is 5.32 Å². The molecule has 3 atom stereocenters. The van der Waals surface area contributed by atoms with Gasteiger partial charge in [-0.25, -0.2) is 0 Å². The Kier molecular flexibility index (Phi) is 3.97. The number of fused-ring (bicyclic) bond motifs is 1. The summed E-state index contributed by atoms with van der Waals surface area (Å²) < 4.78 is 0. The lowest BCUT2D eigenvalue weighted by molar-refractivity contribution is -0.123. The summed E-state index contributed by atoms with van der Waals surface area (Å²) in [5.41, 5.74) is 3.11. The van der Waals surface area contributed by atoms with E-state index in [4.69, 9.17) is 11.6 Å². The summed E-state index contributed by atoms with van der Waals surface area (Å²) in [7, 11) is 0. The first-order valence-corrected chi connectivity index (χ1v) is 8.88. The Bertz CT molecular complexity index is 789. The molecule has 3 nitrogen and oxygen atoms in total. The van der Waals surface area contributed by atoms with Crippen molar-refractivity contribution in [3.63, 3.8) is 0 Å². The zero-order chi connectivity index (χ0) is 16.7. The minimum absolute atomic E-state index is 0.000783. The number of aromatic hydroxyl groups is 1. The molecule has 0 spiro atoms. The topological polar surface area (TPSA) is 49.3 Å². The van der Waals surface area contributed by atoms with Crippen LogP contribution in [0.15, 0.2) is 42.5 Å². The number of benzene rings is 2. The fourth-order valence-electron chi connectivity index (χ4n) is 3.86. The molecule has 0 bridgehead atoms. The maximum atomic E-state index is 12.6. The highest BCUT2D eigenvalue weighted by atomic mass is 35.5. The molecule has 2 aliphatic rings. The Hall–Kier alpha value is -2.00. The summed E-state index contributed by atoms with van der Waals surface area (Å²) in [6.07, 6.45) is 3.63. The molecule has 0 heterocycles. The predicted molar refractivity (Wildman–Crippen MR) is 94.2 cm³/mol. The van der Waals surface area contributed by atoms with Crippen LogP contribution in [-0.2, 0) is 11.2 Å². The predicted octanol–water partition coefficient (Wildman–Crippen LogP) is 4.34. The van der Waals surface area contributed by atoms with Crippen molar-refractivity contribution in [3.05, 3.63) is 64.2 Å². The monoisotopic (exact) mass is 341 g/mol. The molecule has 124 valence electrons. The fraction of sp³-hybridized carbons (Fsp3) is 0.350. The summed E-state index contributed by atoms with van der Waals surface area (Å²) in [6.45, 7) is 0. The molecule has 2 aromatic carbocycles. The van der Waals surface area contributed by atoms with Crippen LogP contribution in [0.4, 0.5) is 0 Å². The van der Waals surface area contributed by atoms with E-state index in [1.165, 1.54) is 0 Å². The largest absolute Gasteiger partial charge is 0.508 e. The Morgan fingerprint density at radius 3 is 2.75 bits per heavy atom. The molecule has 3 unspecified atom stereocenters. The lowest BCUT2D eigenvalue weighted by Gasteiger charge is -2.27. The van der Waals surface area contributed by atoms with E-state index in [9.17, 15) is 9.90 Å². The van der Waals surface area contributed by atoms with Gasteiger partial charge in [-0.15, -0.1) is 0 Å². The molecule has 0 aliphatic heterocycles. The molecule has 0 radical (unpaired) electrons. The average Bonchev–Trinajstić information content (AvgIpc) is 3.37. The van der Waals surface area contributed by atoms with Crippen LogP contribution >= 0.6 is 11.6 Å². The minimum atomic E-state index is 0.000783. The first kappa shape index (κ1) is 15.5. The van der Waals surface area contributed by atoms with E-state index in [0.717, 1.165) is 47.4 Å². The van der Waals surface area contributed by atoms with Crippen molar-refractivity contribution >= 4 is 17.5 Å². The molecule has 1 saturated carbocycles. The number of hydrogen-bond donors (Lipinski definition) is 2. The number of phenols is 1. The third-order valence-electron chi connectivity index (χ3n) is 5.23. The highest BCUT2D eigenvalue weighted by molar-refractivity contribution is 6.31. The van der Waals surface area contributed by atoms with Crippen LogP contribution in [0, 0.1) is 5.92 Å². The minimum Gasteiger partial charge on any atom is -0.508 e. The lowest BCUT2D eigenvalue weighted by Crippen LogP contribution is -2.32. The van der Waals surface area contributed by atoms with E-state index in [2.05, 4.69) is 5.32 Å². The van der Waals surface area contributed by atoms with Crippen LogP contribution in [0.2, 0.25) is 5.02 Å². The van der Waals surface area contributed by atoms with Gasteiger partial charge in [-0.1, -0.05) is 41.9 Å². The first-order valence-electron chi connectivity index (χ1n) is 8.50. The van der Waals surface area contributed by atoms with Crippen LogP contribution in [0.25, 0.3) is 0 Å². The fourth-order valence-corrected chi connectivity index (χ4v) is 4.14. The van der Waals surface area contributed by atoms with Gasteiger partial charge in [0.1, 0.15) is 5.75 Å². The SMILES string of the molecule is O=C(NC1CCCc2c(O)cccc21)C1CC1c1ccccc1Cl. The normalized spacial score (nSPS) is 25.0. The van der Waals surface area contributed by atoms with E-state index < -0.39 is 0 Å². The number of amides is 1. The summed E-state index contributed by atoms with van der Waals surface area (Å²) in [6, 6.07) is 13.3. The molecule has 2 aliphatic carbocycles. The quantitative estimate of drug-likeness (QED) is 0.872. The first-order chi connectivity index (χ1) is 11.6. The number of carbonyl (C=O) groups excluding carboxylic acids is 1. The average molecular weight is 342 g/mol. The second-order valence-corrected chi connectivity index (χ2v) is 7.18.